The maximum atomic E-state index is 12.5. The highest BCUT2D eigenvalue weighted by Crippen LogP contribution is 2.31. The Hall–Kier alpha value is -2.45. The number of rotatable bonds is 3. The smallest absolute Gasteiger partial charge is 0.388 e. The summed E-state index contributed by atoms with van der Waals surface area (Å²) in [7, 11) is 0. The van der Waals surface area contributed by atoms with Gasteiger partial charge in [0.2, 0.25) is 11.8 Å². The molecule has 132 valence electrons. The Morgan fingerprint density at radius 2 is 1.80 bits per heavy atom. The number of hydrogen-bond donors (Lipinski definition) is 0. The van der Waals surface area contributed by atoms with Crippen LogP contribution in [0.3, 0.4) is 0 Å². The lowest BCUT2D eigenvalue weighted by atomic mass is 10.0. The number of carbonyl (C=O) groups is 1. The van der Waals surface area contributed by atoms with Crippen LogP contribution >= 0.6 is 0 Å². The predicted octanol–water partition coefficient (Wildman–Crippen LogP) is 0.869. The molecule has 1 aromatic heterocycles. The Balaban J connectivity index is 1.42. The van der Waals surface area contributed by atoms with Gasteiger partial charge in [-0.15, -0.1) is 5.10 Å². The molecule has 2 aliphatic rings. The SMILES string of the molecule is O=C(Cn1nc(-c2ccccc2)oc1=O)N1CCC2(CC1)OCCO2. The van der Waals surface area contributed by atoms with Crippen LogP contribution in [-0.2, 0) is 20.8 Å². The van der Waals surface area contributed by atoms with E-state index in [4.69, 9.17) is 13.9 Å². The van der Waals surface area contributed by atoms with Crippen LogP contribution in [0.5, 0.6) is 0 Å². The summed E-state index contributed by atoms with van der Waals surface area (Å²) in [5.41, 5.74) is 0.696. The van der Waals surface area contributed by atoms with Gasteiger partial charge in [0.1, 0.15) is 6.54 Å². The number of amides is 1. The molecule has 2 saturated heterocycles. The molecule has 0 atom stereocenters. The first kappa shape index (κ1) is 16.0. The molecule has 3 heterocycles. The van der Waals surface area contributed by atoms with E-state index in [1.165, 1.54) is 0 Å². The van der Waals surface area contributed by atoms with E-state index in [0.29, 0.717) is 44.7 Å². The first-order valence-corrected chi connectivity index (χ1v) is 8.34. The van der Waals surface area contributed by atoms with Crippen molar-refractivity contribution in [2.75, 3.05) is 26.3 Å². The van der Waals surface area contributed by atoms with E-state index in [1.807, 2.05) is 18.2 Å². The van der Waals surface area contributed by atoms with Crippen molar-refractivity contribution in [1.29, 1.82) is 0 Å². The van der Waals surface area contributed by atoms with Gasteiger partial charge in [0, 0.05) is 31.5 Å². The summed E-state index contributed by atoms with van der Waals surface area (Å²) in [5, 5.41) is 4.13. The van der Waals surface area contributed by atoms with E-state index in [0.717, 1.165) is 4.68 Å². The number of aromatic nitrogens is 2. The lowest BCUT2D eigenvalue weighted by Gasteiger charge is -2.37. The van der Waals surface area contributed by atoms with Gasteiger partial charge in [-0.25, -0.2) is 4.79 Å². The van der Waals surface area contributed by atoms with Gasteiger partial charge >= 0.3 is 5.76 Å². The lowest BCUT2D eigenvalue weighted by Crippen LogP contribution is -2.48. The van der Waals surface area contributed by atoms with Crippen molar-refractivity contribution in [2.24, 2.45) is 0 Å². The third-order valence-corrected chi connectivity index (χ3v) is 4.60. The summed E-state index contributed by atoms with van der Waals surface area (Å²) < 4.78 is 17.5. The van der Waals surface area contributed by atoms with Crippen molar-refractivity contribution < 1.29 is 18.7 Å². The summed E-state index contributed by atoms with van der Waals surface area (Å²) in [5.74, 6) is -1.11. The van der Waals surface area contributed by atoms with Gasteiger partial charge in [0.15, 0.2) is 5.79 Å². The van der Waals surface area contributed by atoms with E-state index in [1.54, 1.807) is 17.0 Å². The van der Waals surface area contributed by atoms with Crippen LogP contribution in [0, 0.1) is 0 Å². The predicted molar refractivity (Wildman–Crippen MR) is 86.6 cm³/mol. The molecule has 1 amide bonds. The van der Waals surface area contributed by atoms with Crippen molar-refractivity contribution in [3.8, 4) is 11.5 Å². The molecule has 4 rings (SSSR count). The first-order chi connectivity index (χ1) is 12.2. The van der Waals surface area contributed by atoms with E-state index < -0.39 is 11.5 Å². The van der Waals surface area contributed by atoms with Gasteiger partial charge < -0.3 is 18.8 Å². The fourth-order valence-electron chi connectivity index (χ4n) is 3.21. The molecule has 1 spiro atoms. The summed E-state index contributed by atoms with van der Waals surface area (Å²) in [6, 6.07) is 9.11. The zero-order chi connectivity index (χ0) is 17.3. The van der Waals surface area contributed by atoms with Crippen LogP contribution in [0.15, 0.2) is 39.5 Å². The van der Waals surface area contributed by atoms with Crippen LogP contribution in [0.2, 0.25) is 0 Å². The average molecular weight is 345 g/mol. The van der Waals surface area contributed by atoms with Crippen molar-refractivity contribution in [3.63, 3.8) is 0 Å². The Kier molecular flexibility index (Phi) is 4.14. The van der Waals surface area contributed by atoms with E-state index in [-0.39, 0.29) is 18.3 Å². The second kappa shape index (κ2) is 6.45. The maximum Gasteiger partial charge on any atom is 0.437 e. The second-order valence-corrected chi connectivity index (χ2v) is 6.19. The fraction of sp³-hybridized carbons (Fsp3) is 0.471. The highest BCUT2D eigenvalue weighted by Gasteiger charge is 2.40. The minimum atomic E-state index is -0.636. The molecule has 25 heavy (non-hydrogen) atoms. The van der Waals surface area contributed by atoms with Crippen LogP contribution in [-0.4, -0.2) is 52.7 Å². The van der Waals surface area contributed by atoms with Gasteiger partial charge in [-0.05, 0) is 12.1 Å². The first-order valence-electron chi connectivity index (χ1n) is 8.34. The minimum absolute atomic E-state index is 0.135. The fourth-order valence-corrected chi connectivity index (χ4v) is 3.21. The second-order valence-electron chi connectivity index (χ2n) is 6.19. The summed E-state index contributed by atoms with van der Waals surface area (Å²) in [6.45, 7) is 2.15. The summed E-state index contributed by atoms with van der Waals surface area (Å²) >= 11 is 0. The van der Waals surface area contributed by atoms with Crippen LogP contribution < -0.4 is 5.76 Å². The molecule has 2 fully saturated rings. The summed E-state index contributed by atoms with van der Waals surface area (Å²) in [6.07, 6.45) is 1.28. The normalized spacial score (nSPS) is 19.4. The third-order valence-electron chi connectivity index (χ3n) is 4.60. The number of likely N-dealkylation sites (tertiary alicyclic amines) is 1. The molecular formula is C17H19N3O5. The number of carbonyl (C=O) groups excluding carboxylic acids is 1. The van der Waals surface area contributed by atoms with Crippen molar-refractivity contribution in [3.05, 3.63) is 40.9 Å². The van der Waals surface area contributed by atoms with Gasteiger partial charge in [-0.1, -0.05) is 18.2 Å². The monoisotopic (exact) mass is 345 g/mol. The molecule has 0 N–H and O–H groups in total. The Labute approximate surface area is 143 Å². The molecule has 8 heteroatoms. The molecule has 0 aliphatic carbocycles. The van der Waals surface area contributed by atoms with Crippen molar-refractivity contribution in [1.82, 2.24) is 14.7 Å². The molecule has 0 radical (unpaired) electrons. The Morgan fingerprint density at radius 3 is 2.48 bits per heavy atom. The van der Waals surface area contributed by atoms with Gasteiger partial charge in [-0.3, -0.25) is 4.79 Å². The maximum absolute atomic E-state index is 12.5. The largest absolute Gasteiger partial charge is 0.437 e. The number of hydrogen-bond acceptors (Lipinski definition) is 6. The van der Waals surface area contributed by atoms with E-state index in [2.05, 4.69) is 5.10 Å². The highest BCUT2D eigenvalue weighted by atomic mass is 16.7. The third kappa shape index (κ3) is 3.22. The number of nitrogens with zero attached hydrogens (tertiary/aromatic N) is 3. The zero-order valence-corrected chi connectivity index (χ0v) is 13.7. The standard InChI is InChI=1S/C17H19N3O5/c21-14(19-8-6-17(7-9-19)23-10-11-24-17)12-20-16(22)25-15(18-20)13-4-2-1-3-5-13/h1-5H,6-12H2. The molecule has 0 saturated carbocycles. The van der Waals surface area contributed by atoms with Crippen LogP contribution in [0.4, 0.5) is 0 Å². The zero-order valence-electron chi connectivity index (χ0n) is 13.7. The van der Waals surface area contributed by atoms with E-state index >= 15 is 0 Å². The molecule has 0 unspecified atom stereocenters. The average Bonchev–Trinajstić information content (AvgIpc) is 3.24. The minimum Gasteiger partial charge on any atom is -0.388 e. The number of ether oxygens (including phenoxy) is 2. The van der Waals surface area contributed by atoms with Gasteiger partial charge in [0.25, 0.3) is 0 Å². The Bertz CT molecular complexity index is 797. The van der Waals surface area contributed by atoms with Gasteiger partial charge in [-0.2, -0.15) is 4.68 Å². The number of benzene rings is 1. The molecule has 2 aromatic rings. The van der Waals surface area contributed by atoms with Crippen LogP contribution in [0.1, 0.15) is 12.8 Å². The molecule has 0 bridgehead atoms. The topological polar surface area (TPSA) is 86.8 Å². The molecular weight excluding hydrogens is 326 g/mol. The van der Waals surface area contributed by atoms with Gasteiger partial charge in [0.05, 0.1) is 13.2 Å². The van der Waals surface area contributed by atoms with Crippen molar-refractivity contribution in [2.45, 2.75) is 25.2 Å². The molecule has 1 aromatic carbocycles. The van der Waals surface area contributed by atoms with Crippen molar-refractivity contribution >= 4 is 5.91 Å². The quantitative estimate of drug-likeness (QED) is 0.820. The highest BCUT2D eigenvalue weighted by molar-refractivity contribution is 5.76. The lowest BCUT2D eigenvalue weighted by molar-refractivity contribution is -0.187. The van der Waals surface area contributed by atoms with E-state index in [9.17, 15) is 9.59 Å². The summed E-state index contributed by atoms with van der Waals surface area (Å²) in [4.78, 5) is 26.1. The Morgan fingerprint density at radius 1 is 1.12 bits per heavy atom. The molecule has 8 nitrogen and oxygen atoms in total. The molecule has 2 aliphatic heterocycles. The number of piperidine rings is 1. The van der Waals surface area contributed by atoms with Crippen LogP contribution in [0.25, 0.3) is 11.5 Å².